The molecular weight excluding hydrogens is 466 g/mol. The molecule has 2 aromatic carbocycles. The van der Waals surface area contributed by atoms with Crippen LogP contribution in [0.3, 0.4) is 0 Å². The van der Waals surface area contributed by atoms with Crippen molar-refractivity contribution < 1.29 is 24.3 Å². The van der Waals surface area contributed by atoms with Crippen LogP contribution >= 0.6 is 0 Å². The van der Waals surface area contributed by atoms with Crippen molar-refractivity contribution in [3.8, 4) is 5.75 Å². The Bertz CT molecular complexity index is 1330. The van der Waals surface area contributed by atoms with E-state index in [1.807, 2.05) is 30.3 Å². The molecule has 1 aromatic heterocycles. The number of nitrogens with one attached hydrogen (secondary N) is 2. The van der Waals surface area contributed by atoms with E-state index >= 15 is 0 Å². The number of hydrogen-bond acceptors (Lipinski definition) is 8. The molecule has 0 aliphatic carbocycles. The zero-order chi connectivity index (χ0) is 25.7. The number of hydrogen-bond donors (Lipinski definition) is 3. The first kappa shape index (κ1) is 24.5. The van der Waals surface area contributed by atoms with E-state index in [9.17, 15) is 19.5 Å². The van der Waals surface area contributed by atoms with Crippen molar-refractivity contribution in [2.24, 2.45) is 12.2 Å². The summed E-state index contributed by atoms with van der Waals surface area (Å²) in [5.74, 6) is -1.59. The minimum atomic E-state index is -0.963. The molecule has 0 fully saturated rings. The number of nitrogens with zero attached hydrogens (tertiary/aromatic N) is 3. The summed E-state index contributed by atoms with van der Waals surface area (Å²) in [6, 6.07) is 16.4. The van der Waals surface area contributed by atoms with Crippen LogP contribution in [-0.4, -0.2) is 45.0 Å². The van der Waals surface area contributed by atoms with Crippen molar-refractivity contribution in [2.45, 2.75) is 31.7 Å². The Kier molecular flexibility index (Phi) is 7.28. The molecule has 0 bridgehead atoms. The molecule has 0 spiro atoms. The van der Waals surface area contributed by atoms with Crippen molar-refractivity contribution in [2.75, 3.05) is 0 Å². The summed E-state index contributed by atoms with van der Waals surface area (Å²) in [6.45, 7) is 1.74. The Morgan fingerprint density at radius 1 is 1.14 bits per heavy atom. The zero-order valence-electron chi connectivity index (χ0n) is 19.6. The Morgan fingerprint density at radius 2 is 1.81 bits per heavy atom. The van der Waals surface area contributed by atoms with E-state index in [4.69, 9.17) is 9.57 Å². The molecule has 0 saturated carbocycles. The number of amides is 2. The van der Waals surface area contributed by atoms with Crippen LogP contribution in [0.1, 0.15) is 40.4 Å². The smallest absolute Gasteiger partial charge is 0.408 e. The summed E-state index contributed by atoms with van der Waals surface area (Å²) in [4.78, 5) is 47.8. The molecular formula is C25H25N5O6. The molecule has 3 N–H and O–H groups in total. The van der Waals surface area contributed by atoms with Gasteiger partial charge < -0.3 is 25.3 Å². The number of oxime groups is 1. The molecule has 11 nitrogen and oxygen atoms in total. The second kappa shape index (κ2) is 10.7. The van der Waals surface area contributed by atoms with Crippen LogP contribution in [0.15, 0.2) is 70.6 Å². The highest BCUT2D eigenvalue weighted by Gasteiger charge is 2.30. The molecule has 0 saturated heterocycles. The Balaban J connectivity index is 1.65. The van der Waals surface area contributed by atoms with Crippen LogP contribution in [0.4, 0.5) is 4.79 Å². The molecule has 2 amide bonds. The van der Waals surface area contributed by atoms with Gasteiger partial charge in [-0.25, -0.2) is 9.78 Å². The second-order valence-electron chi connectivity index (χ2n) is 8.15. The Hall–Kier alpha value is -4.67. The highest BCUT2D eigenvalue weighted by molar-refractivity contribution is 5.96. The van der Waals surface area contributed by atoms with E-state index < -0.39 is 47.2 Å². The van der Waals surface area contributed by atoms with Crippen LogP contribution in [0, 0.1) is 0 Å². The van der Waals surface area contributed by atoms with Gasteiger partial charge in [-0.15, -0.1) is 0 Å². The van der Waals surface area contributed by atoms with Gasteiger partial charge in [-0.3, -0.25) is 14.2 Å². The van der Waals surface area contributed by atoms with E-state index in [-0.39, 0.29) is 12.4 Å². The maximum Gasteiger partial charge on any atom is 0.408 e. The summed E-state index contributed by atoms with van der Waals surface area (Å²) in [6.07, 6.45) is 0.216. The average molecular weight is 492 g/mol. The first-order chi connectivity index (χ1) is 17.3. The van der Waals surface area contributed by atoms with Crippen molar-refractivity contribution in [3.63, 3.8) is 0 Å². The summed E-state index contributed by atoms with van der Waals surface area (Å²) in [5.41, 5.74) is 0.0428. The summed E-state index contributed by atoms with van der Waals surface area (Å²) >= 11 is 0. The predicted molar refractivity (Wildman–Crippen MR) is 129 cm³/mol. The molecule has 1 aliphatic rings. The van der Waals surface area contributed by atoms with Gasteiger partial charge in [-0.1, -0.05) is 65.8 Å². The molecule has 3 unspecified atom stereocenters. The fourth-order valence-electron chi connectivity index (χ4n) is 3.61. The van der Waals surface area contributed by atoms with Crippen LogP contribution < -0.4 is 16.2 Å². The summed E-state index contributed by atoms with van der Waals surface area (Å²) in [5, 5.41) is 19.4. The Labute approximate surface area is 206 Å². The SMILES string of the molecule is CC1ON=CC1NC(=O)c1nc(C(NC(=O)OCc2ccccc2)c2ccccc2)n(C)c(=O)c1O. The molecule has 0 radical (unpaired) electrons. The average Bonchev–Trinajstić information content (AvgIpc) is 3.30. The number of ether oxygens (including phenoxy) is 1. The number of aromatic nitrogens is 2. The van der Waals surface area contributed by atoms with E-state index in [1.165, 1.54) is 13.3 Å². The van der Waals surface area contributed by atoms with Crippen molar-refractivity contribution in [1.29, 1.82) is 0 Å². The molecule has 36 heavy (non-hydrogen) atoms. The van der Waals surface area contributed by atoms with E-state index in [0.717, 1.165) is 10.1 Å². The Morgan fingerprint density at radius 3 is 2.44 bits per heavy atom. The van der Waals surface area contributed by atoms with E-state index in [2.05, 4.69) is 20.8 Å². The maximum absolute atomic E-state index is 12.9. The van der Waals surface area contributed by atoms with Crippen LogP contribution in [0.25, 0.3) is 0 Å². The normalized spacial score (nSPS) is 17.2. The fraction of sp³-hybridized carbons (Fsp3) is 0.240. The quantitative estimate of drug-likeness (QED) is 0.459. The fourth-order valence-corrected chi connectivity index (χ4v) is 3.61. The van der Waals surface area contributed by atoms with Gasteiger partial charge in [0.15, 0.2) is 5.69 Å². The molecule has 11 heteroatoms. The predicted octanol–water partition coefficient (Wildman–Crippen LogP) is 2.00. The standard InChI is InChI=1S/C25H25N5O6/c1-15-18(13-26-36-15)27-23(32)20-21(31)24(33)30(2)22(28-20)19(17-11-7-4-8-12-17)29-25(34)35-14-16-9-5-3-6-10-16/h3-13,15,18-19,31H,14H2,1-2H3,(H,27,32)(H,29,34). The van der Waals surface area contributed by atoms with Gasteiger partial charge in [0.2, 0.25) is 5.75 Å². The van der Waals surface area contributed by atoms with Gasteiger partial charge >= 0.3 is 6.09 Å². The summed E-state index contributed by atoms with van der Waals surface area (Å²) in [7, 11) is 1.39. The number of rotatable bonds is 7. The van der Waals surface area contributed by atoms with Gasteiger partial charge in [0.25, 0.3) is 11.5 Å². The van der Waals surface area contributed by atoms with Gasteiger partial charge in [0, 0.05) is 7.05 Å². The van der Waals surface area contributed by atoms with E-state index in [1.54, 1.807) is 37.3 Å². The lowest BCUT2D eigenvalue weighted by Crippen LogP contribution is -2.43. The van der Waals surface area contributed by atoms with Crippen molar-refractivity contribution >= 4 is 18.2 Å². The van der Waals surface area contributed by atoms with Gasteiger partial charge in [0.1, 0.15) is 30.6 Å². The molecule has 1 aliphatic heterocycles. The topological polar surface area (TPSA) is 144 Å². The number of alkyl carbamates (subject to hydrolysis) is 1. The van der Waals surface area contributed by atoms with Crippen LogP contribution in [0.5, 0.6) is 5.75 Å². The molecule has 3 atom stereocenters. The highest BCUT2D eigenvalue weighted by atomic mass is 16.6. The van der Waals surface area contributed by atoms with Gasteiger partial charge in [0.05, 0.1) is 6.21 Å². The molecule has 3 aromatic rings. The van der Waals surface area contributed by atoms with Crippen molar-refractivity contribution in [1.82, 2.24) is 20.2 Å². The minimum Gasteiger partial charge on any atom is -0.501 e. The first-order valence-corrected chi connectivity index (χ1v) is 11.2. The van der Waals surface area contributed by atoms with Gasteiger partial charge in [-0.05, 0) is 18.1 Å². The molecule has 4 rings (SSSR count). The molecule has 186 valence electrons. The number of carbonyl (C=O) groups excluding carboxylic acids is 2. The molecule has 2 heterocycles. The summed E-state index contributed by atoms with van der Waals surface area (Å²) < 4.78 is 6.42. The monoisotopic (exact) mass is 491 g/mol. The largest absolute Gasteiger partial charge is 0.501 e. The van der Waals surface area contributed by atoms with Gasteiger partial charge in [-0.2, -0.15) is 0 Å². The maximum atomic E-state index is 12.9. The second-order valence-corrected chi connectivity index (χ2v) is 8.15. The number of aromatic hydroxyl groups is 1. The lowest BCUT2D eigenvalue weighted by molar-refractivity contribution is 0.0744. The third-order valence-corrected chi connectivity index (χ3v) is 5.63. The van der Waals surface area contributed by atoms with Crippen LogP contribution in [0.2, 0.25) is 0 Å². The third kappa shape index (κ3) is 5.35. The first-order valence-electron chi connectivity index (χ1n) is 11.2. The zero-order valence-corrected chi connectivity index (χ0v) is 19.6. The lowest BCUT2D eigenvalue weighted by Gasteiger charge is -2.22. The van der Waals surface area contributed by atoms with E-state index in [0.29, 0.717) is 5.56 Å². The minimum absolute atomic E-state index is 0.0233. The van der Waals surface area contributed by atoms with Crippen molar-refractivity contribution in [3.05, 3.63) is 93.7 Å². The van der Waals surface area contributed by atoms with Crippen LogP contribution in [-0.2, 0) is 23.2 Å². The number of carbonyl (C=O) groups is 2. The third-order valence-electron chi connectivity index (χ3n) is 5.63. The number of benzene rings is 2. The highest BCUT2D eigenvalue weighted by Crippen LogP contribution is 2.22. The lowest BCUT2D eigenvalue weighted by atomic mass is 10.1.